The predicted molar refractivity (Wildman–Crippen MR) is 127 cm³/mol. The van der Waals surface area contributed by atoms with E-state index in [9.17, 15) is 19.5 Å². The van der Waals surface area contributed by atoms with Crippen LogP contribution in [0.5, 0.6) is 0 Å². The van der Waals surface area contributed by atoms with Crippen LogP contribution < -0.4 is 77.8 Å². The summed E-state index contributed by atoms with van der Waals surface area (Å²) in [6.45, 7) is 5.53. The molecule has 0 rings (SSSR count). The van der Waals surface area contributed by atoms with Crippen molar-refractivity contribution in [2.24, 2.45) is 0 Å². The van der Waals surface area contributed by atoms with Crippen molar-refractivity contribution >= 4 is 18.0 Å². The Morgan fingerprint density at radius 2 is 0.939 bits per heavy atom. The van der Waals surface area contributed by atoms with Crippen molar-refractivity contribution in [2.45, 2.75) is 116 Å². The first kappa shape index (κ1) is 34.8. The van der Waals surface area contributed by atoms with Crippen molar-refractivity contribution in [1.82, 2.24) is 21.3 Å². The number of amides is 4. The normalized spacial score (nSPS) is 11.2. The molecule has 0 unspecified atom stereocenters. The molecule has 0 radical (unpaired) electrons. The van der Waals surface area contributed by atoms with Gasteiger partial charge in [-0.15, -0.1) is 0 Å². The fourth-order valence-corrected chi connectivity index (χ4v) is 3.37. The summed E-state index contributed by atoms with van der Waals surface area (Å²) >= 11 is 0. The summed E-state index contributed by atoms with van der Waals surface area (Å²) in [5.74, 6) is -1.30. The molecule has 0 aliphatic carbocycles. The topological polar surface area (TPSA) is 122 Å². The Morgan fingerprint density at radius 1 is 0.606 bits per heavy atom. The van der Waals surface area contributed by atoms with Crippen molar-refractivity contribution in [3.8, 4) is 0 Å². The molecule has 0 saturated carbocycles. The molecule has 4 amide bonds. The molecule has 0 aliphatic heterocycles. The number of carboxylic acid groups (broad SMARTS) is 1. The van der Waals surface area contributed by atoms with Crippen LogP contribution in [0.15, 0.2) is 0 Å². The molecule has 1 atom stereocenters. The van der Waals surface area contributed by atoms with Gasteiger partial charge in [-0.3, -0.25) is 0 Å². The number of nitrogens with one attached hydrogen (secondary N) is 4. The molecule has 9 heteroatoms. The zero-order chi connectivity index (χ0) is 23.9. The van der Waals surface area contributed by atoms with Crippen molar-refractivity contribution < 1.29 is 70.9 Å². The Balaban J connectivity index is 0. The molecule has 0 saturated heterocycles. The number of unbranched alkanes of at least 4 members (excludes halogenated alkanes) is 13. The summed E-state index contributed by atoms with van der Waals surface area (Å²) in [6.07, 6.45) is 17.7. The van der Waals surface area contributed by atoms with Crippen LogP contribution in [0.4, 0.5) is 9.59 Å². The van der Waals surface area contributed by atoms with Gasteiger partial charge in [0.25, 0.3) is 0 Å². The zero-order valence-corrected chi connectivity index (χ0v) is 24.6. The Hall–Kier alpha value is -0.354. The summed E-state index contributed by atoms with van der Waals surface area (Å²) < 4.78 is 0. The average Bonchev–Trinajstić information content (AvgIpc) is 2.76. The molecular weight excluding hydrogens is 447 g/mol. The van der Waals surface area contributed by atoms with Crippen LogP contribution in [0.2, 0.25) is 0 Å². The number of carbonyl (C=O) groups excluding carboxylic acids is 3. The van der Waals surface area contributed by atoms with Gasteiger partial charge in [0, 0.05) is 19.6 Å². The zero-order valence-electron chi connectivity index (χ0n) is 21.4. The van der Waals surface area contributed by atoms with Gasteiger partial charge in [-0.1, -0.05) is 84.0 Å². The molecule has 0 bridgehead atoms. The van der Waals surface area contributed by atoms with Gasteiger partial charge in [-0.25, -0.2) is 9.59 Å². The van der Waals surface area contributed by atoms with Gasteiger partial charge in [0.2, 0.25) is 0 Å². The van der Waals surface area contributed by atoms with Crippen LogP contribution in [-0.2, 0) is 4.79 Å². The molecule has 4 N–H and O–H groups in total. The van der Waals surface area contributed by atoms with E-state index in [2.05, 4.69) is 28.2 Å². The Morgan fingerprint density at radius 3 is 1.30 bits per heavy atom. The first-order valence-corrected chi connectivity index (χ1v) is 12.7. The number of hydrogen-bond acceptors (Lipinski definition) is 4. The van der Waals surface area contributed by atoms with Crippen LogP contribution in [0.1, 0.15) is 110 Å². The minimum atomic E-state index is -1.30. The summed E-state index contributed by atoms with van der Waals surface area (Å²) in [5.41, 5.74) is 0. The van der Waals surface area contributed by atoms with Crippen molar-refractivity contribution in [1.29, 1.82) is 0 Å². The third-order valence-electron chi connectivity index (χ3n) is 5.44. The van der Waals surface area contributed by atoms with Crippen LogP contribution in [-0.4, -0.2) is 43.7 Å². The van der Waals surface area contributed by atoms with E-state index in [4.69, 9.17) is 0 Å². The number of urea groups is 2. The van der Waals surface area contributed by atoms with Gasteiger partial charge in [-0.2, -0.15) is 0 Å². The molecule has 0 heterocycles. The first-order valence-electron chi connectivity index (χ1n) is 12.7. The van der Waals surface area contributed by atoms with Gasteiger partial charge in [0.1, 0.15) is 0 Å². The molecule has 0 spiro atoms. The minimum Gasteiger partial charge on any atom is -0.548 e. The second kappa shape index (κ2) is 26.3. The van der Waals surface area contributed by atoms with E-state index in [1.54, 1.807) is 0 Å². The van der Waals surface area contributed by atoms with Crippen LogP contribution in [0.25, 0.3) is 0 Å². The summed E-state index contributed by atoms with van der Waals surface area (Å²) in [7, 11) is 0. The second-order valence-electron chi connectivity index (χ2n) is 8.57. The number of carbonyl (C=O) groups is 3. The standard InChI is InChI=1S/C24H48N4O4.K/c1-3-4-5-6-7-8-9-10-12-15-18-25-23(31)26-19-16-13-11-14-17-20-27-24(32)28-21(2)22(29)30;/h21H,3-20H2,1-2H3,(H,29,30)(H2,25,26,31)(H2,27,28,32);/q;+1/p-1/t21-;/m0./s1. The Bertz CT molecular complexity index is 495. The average molecular weight is 495 g/mol. The largest absolute Gasteiger partial charge is 1.00 e. The van der Waals surface area contributed by atoms with Gasteiger partial charge >= 0.3 is 63.4 Å². The predicted octanol–water partition coefficient (Wildman–Crippen LogP) is 0.599. The molecule has 0 aromatic carbocycles. The quantitative estimate of drug-likeness (QED) is 0.138. The first-order chi connectivity index (χ1) is 15.5. The summed E-state index contributed by atoms with van der Waals surface area (Å²) in [6, 6.07) is -1.58. The van der Waals surface area contributed by atoms with Crippen LogP contribution in [0, 0.1) is 0 Å². The second-order valence-corrected chi connectivity index (χ2v) is 8.57. The molecule has 8 nitrogen and oxygen atoms in total. The van der Waals surface area contributed by atoms with E-state index in [1.165, 1.54) is 64.7 Å². The Labute approximate surface area is 244 Å². The molecule has 0 aromatic rings. The third-order valence-corrected chi connectivity index (χ3v) is 5.44. The molecule has 188 valence electrons. The van der Waals surface area contributed by atoms with Crippen molar-refractivity contribution in [3.63, 3.8) is 0 Å². The van der Waals surface area contributed by atoms with Crippen molar-refractivity contribution in [3.05, 3.63) is 0 Å². The molecule has 0 aromatic heterocycles. The Kier molecular flexibility index (Phi) is 27.7. The molecule has 0 fully saturated rings. The maximum absolute atomic E-state index is 11.8. The van der Waals surface area contributed by atoms with Crippen LogP contribution >= 0.6 is 0 Å². The van der Waals surface area contributed by atoms with Gasteiger partial charge in [0.15, 0.2) is 0 Å². The van der Waals surface area contributed by atoms with E-state index >= 15 is 0 Å². The number of hydrogen-bond donors (Lipinski definition) is 4. The minimum absolute atomic E-state index is 0. The van der Waals surface area contributed by atoms with E-state index in [1.807, 2.05) is 0 Å². The van der Waals surface area contributed by atoms with E-state index in [0.717, 1.165) is 45.1 Å². The smallest absolute Gasteiger partial charge is 0.548 e. The van der Waals surface area contributed by atoms with Gasteiger partial charge in [0.05, 0.1) is 12.0 Å². The van der Waals surface area contributed by atoms with E-state index in [-0.39, 0.29) is 57.4 Å². The number of rotatable bonds is 21. The fourth-order valence-electron chi connectivity index (χ4n) is 3.37. The molecule has 0 aliphatic rings. The van der Waals surface area contributed by atoms with Gasteiger partial charge in [-0.05, 0) is 26.2 Å². The number of carboxylic acids is 1. The van der Waals surface area contributed by atoms with Crippen LogP contribution in [0.3, 0.4) is 0 Å². The molecule has 33 heavy (non-hydrogen) atoms. The third kappa shape index (κ3) is 26.1. The summed E-state index contributed by atoms with van der Waals surface area (Å²) in [5, 5.41) is 21.3. The number of aliphatic carboxylic acids is 1. The van der Waals surface area contributed by atoms with Gasteiger partial charge < -0.3 is 31.2 Å². The van der Waals surface area contributed by atoms with E-state index in [0.29, 0.717) is 13.1 Å². The molecular formula is C24H47KN4O4. The summed E-state index contributed by atoms with van der Waals surface area (Å²) in [4.78, 5) is 33.7. The van der Waals surface area contributed by atoms with E-state index < -0.39 is 18.0 Å². The SMILES string of the molecule is CCCCCCCCCCCCNC(=O)NCCCCCCCNC(=O)N[C@@H](C)C(=O)[O-].[K+]. The maximum Gasteiger partial charge on any atom is 1.00 e. The maximum atomic E-state index is 11.8. The monoisotopic (exact) mass is 494 g/mol. The van der Waals surface area contributed by atoms with Crippen molar-refractivity contribution in [2.75, 3.05) is 19.6 Å². The fraction of sp³-hybridized carbons (Fsp3) is 0.875.